The van der Waals surface area contributed by atoms with E-state index in [1.54, 1.807) is 0 Å². The molecule has 1 rings (SSSR count). The number of aliphatic hydroxyl groups is 1. The van der Waals surface area contributed by atoms with Crippen LogP contribution in [0.3, 0.4) is 0 Å². The molecule has 0 aromatic heterocycles. The van der Waals surface area contributed by atoms with Crippen LogP contribution in [0, 0.1) is 5.41 Å². The van der Waals surface area contributed by atoms with Gasteiger partial charge in [0.1, 0.15) is 0 Å². The molecule has 0 amide bonds. The summed E-state index contributed by atoms with van der Waals surface area (Å²) in [6, 6.07) is 0. The Morgan fingerprint density at radius 1 is 1.50 bits per heavy atom. The van der Waals surface area contributed by atoms with Gasteiger partial charge >= 0.3 is 0 Å². The first-order valence-corrected chi connectivity index (χ1v) is 5.62. The van der Waals surface area contributed by atoms with Crippen molar-refractivity contribution in [2.45, 2.75) is 26.2 Å². The van der Waals surface area contributed by atoms with Crippen molar-refractivity contribution in [3.63, 3.8) is 0 Å². The van der Waals surface area contributed by atoms with E-state index in [9.17, 15) is 0 Å². The molecule has 4 heteroatoms. The van der Waals surface area contributed by atoms with Crippen LogP contribution in [-0.4, -0.2) is 41.2 Å². The molecule has 0 atom stereocenters. The molecular formula is C10H20N2OS. The van der Waals surface area contributed by atoms with Crippen LogP contribution in [0.2, 0.25) is 0 Å². The number of likely N-dealkylation sites (tertiary alicyclic amines) is 1. The van der Waals surface area contributed by atoms with E-state index < -0.39 is 0 Å². The zero-order valence-corrected chi connectivity index (χ0v) is 9.65. The third-order valence-electron chi connectivity index (χ3n) is 3.19. The SMILES string of the molecule is CC1(C(N)=S)CCN(CCCO)CC1. The maximum Gasteiger partial charge on any atom is 0.0788 e. The molecule has 0 radical (unpaired) electrons. The molecule has 1 fully saturated rings. The highest BCUT2D eigenvalue weighted by Crippen LogP contribution is 2.30. The standard InChI is InChI=1S/C10H20N2OS/c1-10(9(11)14)3-6-12(7-4-10)5-2-8-13/h13H,2-8H2,1H3,(H2,11,14). The van der Waals surface area contributed by atoms with Crippen LogP contribution in [0.1, 0.15) is 26.2 Å². The minimum absolute atomic E-state index is 0.0606. The van der Waals surface area contributed by atoms with Crippen molar-refractivity contribution in [3.05, 3.63) is 0 Å². The number of rotatable bonds is 4. The Kier molecular flexibility index (Phi) is 4.29. The number of thiocarbonyl (C=S) groups is 1. The summed E-state index contributed by atoms with van der Waals surface area (Å²) >= 11 is 5.07. The van der Waals surface area contributed by atoms with Crippen LogP contribution in [-0.2, 0) is 0 Å². The monoisotopic (exact) mass is 216 g/mol. The lowest BCUT2D eigenvalue weighted by molar-refractivity contribution is 0.151. The first kappa shape index (κ1) is 11.9. The van der Waals surface area contributed by atoms with Crippen molar-refractivity contribution in [1.29, 1.82) is 0 Å². The molecular weight excluding hydrogens is 196 g/mol. The minimum atomic E-state index is 0.0606. The summed E-state index contributed by atoms with van der Waals surface area (Å²) in [5, 5.41) is 8.72. The summed E-state index contributed by atoms with van der Waals surface area (Å²) in [4.78, 5) is 3.02. The van der Waals surface area contributed by atoms with Gasteiger partial charge in [0.15, 0.2) is 0 Å². The third kappa shape index (κ3) is 2.90. The maximum absolute atomic E-state index is 8.72. The summed E-state index contributed by atoms with van der Waals surface area (Å²) in [7, 11) is 0. The second kappa shape index (κ2) is 5.05. The van der Waals surface area contributed by atoms with Crippen molar-refractivity contribution in [1.82, 2.24) is 4.90 Å². The van der Waals surface area contributed by atoms with E-state index >= 15 is 0 Å². The van der Waals surface area contributed by atoms with Crippen molar-refractivity contribution >= 4 is 17.2 Å². The molecule has 1 saturated heterocycles. The Morgan fingerprint density at radius 2 is 2.07 bits per heavy atom. The van der Waals surface area contributed by atoms with E-state index in [2.05, 4.69) is 11.8 Å². The van der Waals surface area contributed by atoms with Crippen LogP contribution in [0.5, 0.6) is 0 Å². The van der Waals surface area contributed by atoms with Crippen LogP contribution in [0.4, 0.5) is 0 Å². The fourth-order valence-corrected chi connectivity index (χ4v) is 2.02. The zero-order valence-electron chi connectivity index (χ0n) is 8.83. The second-order valence-corrected chi connectivity index (χ2v) is 4.78. The van der Waals surface area contributed by atoms with Gasteiger partial charge in [0.25, 0.3) is 0 Å². The number of piperidine rings is 1. The maximum atomic E-state index is 8.72. The second-order valence-electron chi connectivity index (χ2n) is 4.34. The van der Waals surface area contributed by atoms with Crippen LogP contribution >= 0.6 is 12.2 Å². The molecule has 0 aliphatic carbocycles. The van der Waals surface area contributed by atoms with E-state index in [1.807, 2.05) is 0 Å². The molecule has 0 aromatic carbocycles. The number of nitrogens with zero attached hydrogens (tertiary/aromatic N) is 1. The molecule has 1 aliphatic rings. The van der Waals surface area contributed by atoms with E-state index in [4.69, 9.17) is 23.1 Å². The molecule has 1 aliphatic heterocycles. The van der Waals surface area contributed by atoms with Gasteiger partial charge in [-0.1, -0.05) is 19.1 Å². The van der Waals surface area contributed by atoms with Crippen molar-refractivity contribution in [2.75, 3.05) is 26.2 Å². The predicted octanol–water partition coefficient (Wildman–Crippen LogP) is 0.757. The molecule has 0 saturated carbocycles. The lowest BCUT2D eigenvalue weighted by Gasteiger charge is -2.38. The topological polar surface area (TPSA) is 49.5 Å². The van der Waals surface area contributed by atoms with Gasteiger partial charge in [-0.15, -0.1) is 0 Å². The van der Waals surface area contributed by atoms with Gasteiger partial charge in [-0.05, 0) is 32.4 Å². The highest BCUT2D eigenvalue weighted by atomic mass is 32.1. The lowest BCUT2D eigenvalue weighted by Crippen LogP contribution is -2.44. The van der Waals surface area contributed by atoms with Gasteiger partial charge in [-0.3, -0.25) is 0 Å². The first-order chi connectivity index (χ1) is 6.58. The van der Waals surface area contributed by atoms with E-state index in [-0.39, 0.29) is 12.0 Å². The highest BCUT2D eigenvalue weighted by molar-refractivity contribution is 7.80. The molecule has 0 aromatic rings. The van der Waals surface area contributed by atoms with Crippen LogP contribution in [0.25, 0.3) is 0 Å². The van der Waals surface area contributed by atoms with Crippen LogP contribution < -0.4 is 5.73 Å². The molecule has 14 heavy (non-hydrogen) atoms. The molecule has 0 spiro atoms. The smallest absolute Gasteiger partial charge is 0.0788 e. The Morgan fingerprint density at radius 3 is 2.50 bits per heavy atom. The Balaban J connectivity index is 2.34. The fraction of sp³-hybridized carbons (Fsp3) is 0.900. The van der Waals surface area contributed by atoms with Gasteiger partial charge in [0.2, 0.25) is 0 Å². The van der Waals surface area contributed by atoms with Gasteiger partial charge in [-0.2, -0.15) is 0 Å². The summed E-state index contributed by atoms with van der Waals surface area (Å²) in [6.45, 7) is 5.52. The Hall–Kier alpha value is -0.190. The van der Waals surface area contributed by atoms with Crippen LogP contribution in [0.15, 0.2) is 0 Å². The largest absolute Gasteiger partial charge is 0.396 e. The third-order valence-corrected chi connectivity index (χ3v) is 3.68. The average molecular weight is 216 g/mol. The molecule has 0 bridgehead atoms. The molecule has 3 nitrogen and oxygen atoms in total. The van der Waals surface area contributed by atoms with E-state index in [0.29, 0.717) is 4.99 Å². The summed E-state index contributed by atoms with van der Waals surface area (Å²) in [5.74, 6) is 0. The molecule has 0 unspecified atom stereocenters. The average Bonchev–Trinajstić information content (AvgIpc) is 2.17. The van der Waals surface area contributed by atoms with Crippen molar-refractivity contribution in [2.24, 2.45) is 11.1 Å². The van der Waals surface area contributed by atoms with Gasteiger partial charge in [0.05, 0.1) is 4.99 Å². The Labute approximate surface area is 91.3 Å². The first-order valence-electron chi connectivity index (χ1n) is 5.21. The summed E-state index contributed by atoms with van der Waals surface area (Å²) in [5.41, 5.74) is 5.78. The van der Waals surface area contributed by atoms with Gasteiger partial charge < -0.3 is 15.7 Å². The molecule has 82 valence electrons. The predicted molar refractivity (Wildman–Crippen MR) is 62.3 cm³/mol. The molecule has 3 N–H and O–H groups in total. The highest BCUT2D eigenvalue weighted by Gasteiger charge is 2.32. The lowest BCUT2D eigenvalue weighted by atomic mass is 9.80. The summed E-state index contributed by atoms with van der Waals surface area (Å²) < 4.78 is 0. The number of hydrogen-bond acceptors (Lipinski definition) is 3. The van der Waals surface area contributed by atoms with Crippen molar-refractivity contribution < 1.29 is 5.11 Å². The fourth-order valence-electron chi connectivity index (χ4n) is 1.81. The van der Waals surface area contributed by atoms with Crippen molar-refractivity contribution in [3.8, 4) is 0 Å². The quantitative estimate of drug-likeness (QED) is 0.681. The zero-order chi connectivity index (χ0) is 10.6. The number of nitrogens with two attached hydrogens (primary N) is 1. The summed E-state index contributed by atoms with van der Waals surface area (Å²) in [6.07, 6.45) is 2.96. The Bertz CT molecular complexity index is 200. The van der Waals surface area contributed by atoms with E-state index in [0.717, 1.165) is 38.9 Å². The van der Waals surface area contributed by atoms with Gasteiger partial charge in [0, 0.05) is 18.6 Å². The number of aliphatic hydroxyl groups excluding tert-OH is 1. The van der Waals surface area contributed by atoms with Gasteiger partial charge in [-0.25, -0.2) is 0 Å². The number of hydrogen-bond donors (Lipinski definition) is 2. The van der Waals surface area contributed by atoms with E-state index in [1.165, 1.54) is 0 Å². The minimum Gasteiger partial charge on any atom is -0.396 e. The normalized spacial score (nSPS) is 22.1. The molecule has 1 heterocycles.